The highest BCUT2D eigenvalue weighted by molar-refractivity contribution is 7.89. The van der Waals surface area contributed by atoms with E-state index in [1.807, 2.05) is 6.92 Å². The van der Waals surface area contributed by atoms with Crippen LogP contribution in [0, 0.1) is 0 Å². The number of hydrogen-bond acceptors (Lipinski definition) is 5. The van der Waals surface area contributed by atoms with Crippen LogP contribution in [-0.2, 0) is 10.0 Å². The van der Waals surface area contributed by atoms with E-state index in [0.717, 1.165) is 12.8 Å². The summed E-state index contributed by atoms with van der Waals surface area (Å²) in [6.07, 6.45) is 1.79. The van der Waals surface area contributed by atoms with Crippen molar-refractivity contribution in [2.75, 3.05) is 14.2 Å². The quantitative estimate of drug-likeness (QED) is 0.829. The zero-order valence-corrected chi connectivity index (χ0v) is 12.9. The average molecular weight is 314 g/mol. The zero-order valence-electron chi connectivity index (χ0n) is 12.1. The Morgan fingerprint density at radius 3 is 2.33 bits per heavy atom. The van der Waals surface area contributed by atoms with Gasteiger partial charge in [0, 0.05) is 11.1 Å². The number of methoxy groups -OCH3 is 2. The molecule has 0 aliphatic heterocycles. The lowest BCUT2D eigenvalue weighted by Gasteiger charge is -2.15. The lowest BCUT2D eigenvalue weighted by atomic mass is 10.1. The second kappa shape index (κ2) is 5.19. The maximum Gasteiger partial charge on any atom is 0.251 e. The number of amides is 1. The van der Waals surface area contributed by atoms with Gasteiger partial charge in [-0.15, -0.1) is 0 Å². The van der Waals surface area contributed by atoms with Crippen molar-refractivity contribution in [3.63, 3.8) is 0 Å². The van der Waals surface area contributed by atoms with E-state index < -0.39 is 10.0 Å². The van der Waals surface area contributed by atoms with Crippen LogP contribution < -0.4 is 19.9 Å². The molecule has 1 aromatic carbocycles. The number of ether oxygens (including phenoxy) is 2. The van der Waals surface area contributed by atoms with Gasteiger partial charge in [0.1, 0.15) is 4.90 Å². The molecular formula is C13H18N2O5S. The number of nitrogens with one attached hydrogen (secondary N) is 1. The highest BCUT2D eigenvalue weighted by atomic mass is 32.2. The molecule has 0 unspecified atom stereocenters. The molecule has 2 rings (SSSR count). The molecule has 0 heterocycles. The molecule has 0 atom stereocenters. The average Bonchev–Trinajstić information content (AvgIpc) is 3.13. The van der Waals surface area contributed by atoms with Crippen molar-refractivity contribution in [3.8, 4) is 11.5 Å². The van der Waals surface area contributed by atoms with E-state index in [1.54, 1.807) is 0 Å². The molecule has 8 heteroatoms. The van der Waals surface area contributed by atoms with Crippen LogP contribution in [0.25, 0.3) is 0 Å². The standard InChI is InChI=1S/C13H18N2O5S/c1-13(4-5-13)15-12(16)8-6-9(19-2)11(20-3)10(7-8)21(14,17)18/h6-7H,4-5H2,1-3H3,(H,15,16)(H2,14,17,18). The van der Waals surface area contributed by atoms with E-state index in [1.165, 1.54) is 26.4 Å². The number of primary sulfonamides is 1. The lowest BCUT2D eigenvalue weighted by Crippen LogP contribution is -2.34. The molecule has 1 amide bonds. The third kappa shape index (κ3) is 3.27. The molecule has 21 heavy (non-hydrogen) atoms. The third-order valence-electron chi connectivity index (χ3n) is 3.43. The molecular weight excluding hydrogens is 296 g/mol. The van der Waals surface area contributed by atoms with Crippen molar-refractivity contribution in [1.82, 2.24) is 5.32 Å². The maximum absolute atomic E-state index is 12.2. The Hall–Kier alpha value is -1.80. The number of nitrogens with two attached hydrogens (primary N) is 1. The van der Waals surface area contributed by atoms with Gasteiger partial charge in [-0.25, -0.2) is 13.6 Å². The molecule has 0 saturated heterocycles. The summed E-state index contributed by atoms with van der Waals surface area (Å²) in [5, 5.41) is 8.01. The van der Waals surface area contributed by atoms with E-state index in [9.17, 15) is 13.2 Å². The molecule has 1 aliphatic carbocycles. The van der Waals surface area contributed by atoms with Gasteiger partial charge in [0.2, 0.25) is 10.0 Å². The normalized spacial score (nSPS) is 16.2. The molecule has 0 spiro atoms. The monoisotopic (exact) mass is 314 g/mol. The summed E-state index contributed by atoms with van der Waals surface area (Å²) in [4.78, 5) is 11.9. The van der Waals surface area contributed by atoms with Crippen LogP contribution >= 0.6 is 0 Å². The molecule has 1 saturated carbocycles. The molecule has 0 bridgehead atoms. The predicted molar refractivity (Wildman–Crippen MR) is 76.0 cm³/mol. The van der Waals surface area contributed by atoms with E-state index in [-0.39, 0.29) is 33.4 Å². The summed E-state index contributed by atoms with van der Waals surface area (Å²) in [6.45, 7) is 1.92. The first kappa shape index (κ1) is 15.6. The van der Waals surface area contributed by atoms with Crippen LogP contribution in [-0.4, -0.2) is 34.1 Å². The van der Waals surface area contributed by atoms with Crippen LogP contribution in [0.4, 0.5) is 0 Å². The summed E-state index contributed by atoms with van der Waals surface area (Å²) in [5.41, 5.74) is -0.0590. The second-order valence-corrected chi connectivity index (χ2v) is 6.80. The van der Waals surface area contributed by atoms with Gasteiger partial charge in [0.25, 0.3) is 5.91 Å². The van der Waals surface area contributed by atoms with Gasteiger partial charge in [-0.3, -0.25) is 4.79 Å². The number of hydrogen-bond donors (Lipinski definition) is 2. The van der Waals surface area contributed by atoms with Crippen LogP contribution in [0.2, 0.25) is 0 Å². The SMILES string of the molecule is COc1cc(C(=O)NC2(C)CC2)cc(S(N)(=O)=O)c1OC. The van der Waals surface area contributed by atoms with Gasteiger partial charge in [-0.1, -0.05) is 0 Å². The van der Waals surface area contributed by atoms with Crippen LogP contribution in [0.3, 0.4) is 0 Å². The first-order valence-electron chi connectivity index (χ1n) is 6.31. The molecule has 1 aliphatic rings. The number of benzene rings is 1. The topological polar surface area (TPSA) is 108 Å². The van der Waals surface area contributed by atoms with Gasteiger partial charge in [0.05, 0.1) is 14.2 Å². The Morgan fingerprint density at radius 2 is 1.90 bits per heavy atom. The Morgan fingerprint density at radius 1 is 1.29 bits per heavy atom. The predicted octanol–water partition coefficient (Wildman–Crippen LogP) is 0.634. The van der Waals surface area contributed by atoms with E-state index in [4.69, 9.17) is 14.6 Å². The van der Waals surface area contributed by atoms with E-state index in [2.05, 4.69) is 5.32 Å². The summed E-state index contributed by atoms with van der Waals surface area (Å²) in [5.74, 6) is -0.259. The Labute approximate surface area is 123 Å². The molecule has 0 aromatic heterocycles. The molecule has 1 aromatic rings. The highest BCUT2D eigenvalue weighted by Gasteiger charge is 2.39. The van der Waals surface area contributed by atoms with Crippen LogP contribution in [0.5, 0.6) is 11.5 Å². The fourth-order valence-corrected chi connectivity index (χ4v) is 2.66. The van der Waals surface area contributed by atoms with Crippen molar-refractivity contribution in [2.24, 2.45) is 5.14 Å². The van der Waals surface area contributed by atoms with Gasteiger partial charge in [-0.2, -0.15) is 0 Å². The Kier molecular flexibility index (Phi) is 3.85. The summed E-state index contributed by atoms with van der Waals surface area (Å²) in [6, 6.07) is 2.62. The smallest absolute Gasteiger partial charge is 0.251 e. The lowest BCUT2D eigenvalue weighted by molar-refractivity contribution is 0.0934. The number of carbonyl (C=O) groups is 1. The van der Waals surface area contributed by atoms with Crippen molar-refractivity contribution in [1.29, 1.82) is 0 Å². The number of rotatable bonds is 5. The molecule has 116 valence electrons. The van der Waals surface area contributed by atoms with Gasteiger partial charge < -0.3 is 14.8 Å². The largest absolute Gasteiger partial charge is 0.493 e. The minimum atomic E-state index is -4.05. The Bertz CT molecular complexity index is 680. The zero-order chi connectivity index (χ0) is 15.8. The minimum absolute atomic E-state index is 0.0193. The van der Waals surface area contributed by atoms with E-state index in [0.29, 0.717) is 0 Å². The molecule has 7 nitrogen and oxygen atoms in total. The van der Waals surface area contributed by atoms with Crippen molar-refractivity contribution in [3.05, 3.63) is 17.7 Å². The fraction of sp³-hybridized carbons (Fsp3) is 0.462. The van der Waals surface area contributed by atoms with E-state index >= 15 is 0 Å². The number of sulfonamides is 1. The summed E-state index contributed by atoms with van der Waals surface area (Å²) < 4.78 is 33.4. The van der Waals surface area contributed by atoms with Gasteiger partial charge in [-0.05, 0) is 31.9 Å². The highest BCUT2D eigenvalue weighted by Crippen LogP contribution is 2.37. The van der Waals surface area contributed by atoms with Gasteiger partial charge in [0.15, 0.2) is 11.5 Å². The first-order valence-corrected chi connectivity index (χ1v) is 7.86. The van der Waals surface area contributed by atoms with Crippen molar-refractivity contribution < 1.29 is 22.7 Å². The second-order valence-electron chi connectivity index (χ2n) is 5.27. The van der Waals surface area contributed by atoms with Crippen LogP contribution in [0.15, 0.2) is 17.0 Å². The summed E-state index contributed by atoms with van der Waals surface area (Å²) in [7, 11) is -1.39. The molecule has 1 fully saturated rings. The third-order valence-corrected chi connectivity index (χ3v) is 4.35. The molecule has 0 radical (unpaired) electrons. The fourth-order valence-electron chi connectivity index (χ4n) is 1.93. The minimum Gasteiger partial charge on any atom is -0.493 e. The first-order chi connectivity index (χ1) is 9.70. The molecule has 3 N–H and O–H groups in total. The maximum atomic E-state index is 12.2. The van der Waals surface area contributed by atoms with Crippen LogP contribution in [0.1, 0.15) is 30.1 Å². The Balaban J connectivity index is 2.50. The summed E-state index contributed by atoms with van der Waals surface area (Å²) >= 11 is 0. The van der Waals surface area contributed by atoms with Crippen molar-refractivity contribution >= 4 is 15.9 Å². The number of carbonyl (C=O) groups excluding carboxylic acids is 1. The van der Waals surface area contributed by atoms with Gasteiger partial charge >= 0.3 is 0 Å². The van der Waals surface area contributed by atoms with Crippen molar-refractivity contribution in [2.45, 2.75) is 30.2 Å².